The average molecular weight is 385 g/mol. The quantitative estimate of drug-likeness (QED) is 0.479. The van der Waals surface area contributed by atoms with E-state index in [9.17, 15) is 5.11 Å². The summed E-state index contributed by atoms with van der Waals surface area (Å²) in [5.74, 6) is 1.40. The van der Waals surface area contributed by atoms with E-state index >= 15 is 0 Å². The molecule has 0 saturated heterocycles. The highest BCUT2D eigenvalue weighted by atomic mass is 35.5. The normalized spacial score (nSPS) is 12.0. The molecule has 0 radical (unpaired) electrons. The Bertz CT molecular complexity index is 702. The van der Waals surface area contributed by atoms with Crippen molar-refractivity contribution in [3.63, 3.8) is 0 Å². The lowest BCUT2D eigenvalue weighted by Crippen LogP contribution is -2.23. The number of anilines is 1. The summed E-state index contributed by atoms with van der Waals surface area (Å²) in [5.41, 5.74) is 7.76. The summed E-state index contributed by atoms with van der Waals surface area (Å²) in [6.07, 6.45) is 0.0667. The third-order valence-corrected chi connectivity index (χ3v) is 4.49. The van der Waals surface area contributed by atoms with Gasteiger partial charge in [0.1, 0.15) is 0 Å². The van der Waals surface area contributed by atoms with Crippen LogP contribution in [0.5, 0.6) is 11.5 Å². The van der Waals surface area contributed by atoms with Crippen molar-refractivity contribution in [2.45, 2.75) is 12.5 Å². The highest BCUT2D eigenvalue weighted by Crippen LogP contribution is 2.31. The first kappa shape index (κ1) is 19.7. The van der Waals surface area contributed by atoms with Crippen molar-refractivity contribution in [3.8, 4) is 11.5 Å². The van der Waals surface area contributed by atoms with Gasteiger partial charge in [0, 0.05) is 6.54 Å². The average Bonchev–Trinajstić information content (AvgIpc) is 2.62. The highest BCUT2D eigenvalue weighted by Gasteiger charge is 2.12. The molecule has 2 aromatic rings. The maximum absolute atomic E-state index is 10.3. The molecule has 0 spiro atoms. The molecule has 0 aliphatic carbocycles. The van der Waals surface area contributed by atoms with Gasteiger partial charge in [-0.3, -0.25) is 0 Å². The van der Waals surface area contributed by atoms with Crippen molar-refractivity contribution in [1.82, 2.24) is 5.32 Å². The molecule has 0 bridgehead atoms. The first-order valence-corrected chi connectivity index (χ1v) is 8.56. The van der Waals surface area contributed by atoms with Crippen LogP contribution in [0.3, 0.4) is 0 Å². The summed E-state index contributed by atoms with van der Waals surface area (Å²) in [6.45, 7) is 1.08. The number of aliphatic hydroxyl groups excluding tert-OH is 1. The number of nitrogen functional groups attached to an aromatic ring is 1. The highest BCUT2D eigenvalue weighted by molar-refractivity contribution is 6.38. The third kappa shape index (κ3) is 5.16. The van der Waals surface area contributed by atoms with Crippen LogP contribution in [0.15, 0.2) is 30.3 Å². The summed E-state index contributed by atoms with van der Waals surface area (Å²) >= 11 is 12.0. The van der Waals surface area contributed by atoms with Gasteiger partial charge in [-0.2, -0.15) is 0 Å². The van der Waals surface area contributed by atoms with E-state index in [1.54, 1.807) is 26.4 Å². The van der Waals surface area contributed by atoms with Gasteiger partial charge >= 0.3 is 0 Å². The lowest BCUT2D eigenvalue weighted by atomic mass is 10.1. The predicted molar refractivity (Wildman–Crippen MR) is 102 cm³/mol. The molecule has 0 saturated carbocycles. The zero-order valence-electron chi connectivity index (χ0n) is 14.2. The first-order chi connectivity index (χ1) is 12.0. The zero-order chi connectivity index (χ0) is 18.4. The number of nitrogens with two attached hydrogens (primary N) is 1. The molecule has 0 amide bonds. The van der Waals surface area contributed by atoms with Crippen LogP contribution in [-0.2, 0) is 6.42 Å². The maximum Gasteiger partial charge on any atom is 0.160 e. The second-order valence-corrected chi connectivity index (χ2v) is 6.37. The summed E-state index contributed by atoms with van der Waals surface area (Å²) in [7, 11) is 3.22. The van der Waals surface area contributed by atoms with E-state index in [0.717, 1.165) is 12.0 Å². The van der Waals surface area contributed by atoms with Gasteiger partial charge in [-0.1, -0.05) is 29.3 Å². The Hall–Kier alpha value is -1.66. The fourth-order valence-corrected chi connectivity index (χ4v) is 2.93. The molecular weight excluding hydrogens is 363 g/mol. The van der Waals surface area contributed by atoms with Gasteiger partial charge in [0.25, 0.3) is 0 Å². The molecular formula is C18H22Cl2N2O3. The standard InChI is InChI=1S/C18H22Cl2N2O3/c1-24-16-4-3-11(7-17(16)25-2)5-6-22-10-15(23)12-8-13(19)18(21)14(20)9-12/h3-4,7-9,15,22-23H,5-6,10,21H2,1-2H3. The van der Waals surface area contributed by atoms with Crippen LogP contribution in [0.1, 0.15) is 17.2 Å². The van der Waals surface area contributed by atoms with Crippen molar-refractivity contribution < 1.29 is 14.6 Å². The Balaban J connectivity index is 1.87. The number of halogens is 2. The summed E-state index contributed by atoms with van der Waals surface area (Å²) in [4.78, 5) is 0. The van der Waals surface area contributed by atoms with Gasteiger partial charge in [0.15, 0.2) is 11.5 Å². The SMILES string of the molecule is COc1ccc(CCNCC(O)c2cc(Cl)c(N)c(Cl)c2)cc1OC. The Morgan fingerprint density at radius 1 is 1.08 bits per heavy atom. The van der Waals surface area contributed by atoms with Crippen molar-refractivity contribution >= 4 is 28.9 Å². The van der Waals surface area contributed by atoms with Crippen LogP contribution < -0.4 is 20.5 Å². The molecule has 136 valence electrons. The van der Waals surface area contributed by atoms with Crippen LogP contribution in [0.25, 0.3) is 0 Å². The molecule has 1 unspecified atom stereocenters. The molecule has 5 nitrogen and oxygen atoms in total. The molecule has 0 fully saturated rings. The first-order valence-electron chi connectivity index (χ1n) is 7.80. The zero-order valence-corrected chi connectivity index (χ0v) is 15.7. The van der Waals surface area contributed by atoms with Crippen LogP contribution in [-0.4, -0.2) is 32.4 Å². The van der Waals surface area contributed by atoms with Crippen LogP contribution in [0.2, 0.25) is 10.0 Å². The second-order valence-electron chi connectivity index (χ2n) is 5.56. The van der Waals surface area contributed by atoms with Crippen LogP contribution >= 0.6 is 23.2 Å². The molecule has 1 atom stereocenters. The molecule has 4 N–H and O–H groups in total. The van der Waals surface area contributed by atoms with E-state index in [1.165, 1.54) is 0 Å². The second kappa shape index (κ2) is 9.15. The minimum Gasteiger partial charge on any atom is -0.493 e. The Labute approximate surface area is 157 Å². The summed E-state index contributed by atoms with van der Waals surface area (Å²) < 4.78 is 10.5. The molecule has 0 aliphatic rings. The predicted octanol–water partition coefficient (Wildman–Crippen LogP) is 3.46. The lowest BCUT2D eigenvalue weighted by Gasteiger charge is -2.14. The minimum absolute atomic E-state index is 0.320. The van der Waals surface area contributed by atoms with Crippen molar-refractivity contribution in [3.05, 3.63) is 51.5 Å². The molecule has 0 aromatic heterocycles. The largest absolute Gasteiger partial charge is 0.493 e. The molecule has 2 aromatic carbocycles. The van der Waals surface area contributed by atoms with E-state index in [0.29, 0.717) is 45.9 Å². The number of hydrogen-bond donors (Lipinski definition) is 3. The Morgan fingerprint density at radius 2 is 1.72 bits per heavy atom. The number of methoxy groups -OCH3 is 2. The van der Waals surface area contributed by atoms with Crippen LogP contribution in [0.4, 0.5) is 5.69 Å². The number of ether oxygens (including phenoxy) is 2. The van der Waals surface area contributed by atoms with Gasteiger partial charge in [-0.25, -0.2) is 0 Å². The minimum atomic E-state index is -0.721. The van der Waals surface area contributed by atoms with Gasteiger partial charge in [0.05, 0.1) is 36.1 Å². The molecule has 0 aliphatic heterocycles. The van der Waals surface area contributed by atoms with Gasteiger partial charge in [-0.15, -0.1) is 0 Å². The number of benzene rings is 2. The number of nitrogens with one attached hydrogen (secondary N) is 1. The maximum atomic E-state index is 10.3. The third-order valence-electron chi connectivity index (χ3n) is 3.86. The monoisotopic (exact) mass is 384 g/mol. The summed E-state index contributed by atoms with van der Waals surface area (Å²) in [5, 5.41) is 14.1. The van der Waals surface area contributed by atoms with Crippen molar-refractivity contribution in [2.24, 2.45) is 0 Å². The van der Waals surface area contributed by atoms with Gasteiger partial charge in [-0.05, 0) is 48.4 Å². The van der Waals surface area contributed by atoms with Crippen LogP contribution in [0, 0.1) is 0 Å². The fraction of sp³-hybridized carbons (Fsp3) is 0.333. The van der Waals surface area contributed by atoms with E-state index in [1.807, 2.05) is 18.2 Å². The smallest absolute Gasteiger partial charge is 0.160 e. The Kier molecular flexibility index (Phi) is 7.20. The summed E-state index contributed by atoms with van der Waals surface area (Å²) in [6, 6.07) is 9.06. The number of hydrogen-bond acceptors (Lipinski definition) is 5. The van der Waals surface area contributed by atoms with E-state index in [2.05, 4.69) is 5.32 Å². The Morgan fingerprint density at radius 3 is 2.32 bits per heavy atom. The number of rotatable bonds is 8. The molecule has 25 heavy (non-hydrogen) atoms. The van der Waals surface area contributed by atoms with Crippen molar-refractivity contribution in [2.75, 3.05) is 33.0 Å². The van der Waals surface area contributed by atoms with E-state index in [4.69, 9.17) is 38.4 Å². The topological polar surface area (TPSA) is 76.7 Å². The van der Waals surface area contributed by atoms with E-state index < -0.39 is 6.10 Å². The lowest BCUT2D eigenvalue weighted by molar-refractivity contribution is 0.175. The van der Waals surface area contributed by atoms with Gasteiger partial charge in [0.2, 0.25) is 0 Å². The van der Waals surface area contributed by atoms with Crippen molar-refractivity contribution in [1.29, 1.82) is 0 Å². The fourth-order valence-electron chi connectivity index (χ4n) is 2.42. The number of aliphatic hydroxyl groups is 1. The molecule has 2 rings (SSSR count). The van der Waals surface area contributed by atoms with E-state index in [-0.39, 0.29) is 0 Å². The molecule has 0 heterocycles. The van der Waals surface area contributed by atoms with Gasteiger partial charge < -0.3 is 25.6 Å². The molecule has 7 heteroatoms.